The second kappa shape index (κ2) is 2.46. The minimum atomic E-state index is -0.222. The van der Waals surface area contributed by atoms with Crippen LogP contribution in [0.2, 0.25) is 0 Å². The lowest BCUT2D eigenvalue weighted by atomic mass is 9.80. The predicted molar refractivity (Wildman–Crippen MR) is 42.1 cm³/mol. The van der Waals surface area contributed by atoms with Crippen LogP contribution < -0.4 is 0 Å². The Hall–Kier alpha value is -0.0800. The van der Waals surface area contributed by atoms with Gasteiger partial charge >= 0.3 is 0 Å². The van der Waals surface area contributed by atoms with Crippen LogP contribution in [0.4, 0.5) is 0 Å². The highest BCUT2D eigenvalue weighted by Gasteiger charge is 2.49. The van der Waals surface area contributed by atoms with Crippen LogP contribution in [0, 0.1) is 5.41 Å². The standard InChI is InChI=1S/C9H16O2/c10-7-3-1-5-9(7)6-2-4-8(9)11/h7-8,10-11H,1-6H2/t7-,8-,9?/m0/s1. The van der Waals surface area contributed by atoms with E-state index in [2.05, 4.69) is 0 Å². The van der Waals surface area contributed by atoms with Crippen LogP contribution >= 0.6 is 0 Å². The largest absolute Gasteiger partial charge is 0.392 e. The average molecular weight is 156 g/mol. The van der Waals surface area contributed by atoms with Crippen molar-refractivity contribution >= 4 is 0 Å². The van der Waals surface area contributed by atoms with E-state index < -0.39 is 0 Å². The first-order valence-corrected chi connectivity index (χ1v) is 4.62. The number of aliphatic hydroxyl groups excluding tert-OH is 2. The summed E-state index contributed by atoms with van der Waals surface area (Å²) in [7, 11) is 0. The molecule has 2 fully saturated rings. The number of hydrogen-bond donors (Lipinski definition) is 2. The average Bonchev–Trinajstić information content (AvgIpc) is 2.48. The van der Waals surface area contributed by atoms with Gasteiger partial charge < -0.3 is 10.2 Å². The molecule has 2 N–H and O–H groups in total. The molecule has 2 saturated carbocycles. The maximum absolute atomic E-state index is 9.69. The molecule has 2 aliphatic carbocycles. The third kappa shape index (κ3) is 0.926. The lowest BCUT2D eigenvalue weighted by Crippen LogP contribution is -2.37. The van der Waals surface area contributed by atoms with Gasteiger partial charge in [0.2, 0.25) is 0 Å². The molecule has 0 aromatic rings. The van der Waals surface area contributed by atoms with Gasteiger partial charge in [0.05, 0.1) is 12.2 Å². The smallest absolute Gasteiger partial charge is 0.0621 e. The fourth-order valence-corrected chi connectivity index (χ4v) is 2.84. The van der Waals surface area contributed by atoms with Crippen molar-refractivity contribution in [2.24, 2.45) is 5.41 Å². The summed E-state index contributed by atoms with van der Waals surface area (Å²) in [6, 6.07) is 0. The Kier molecular flexibility index (Phi) is 1.69. The summed E-state index contributed by atoms with van der Waals surface area (Å²) in [5, 5.41) is 19.4. The Labute approximate surface area is 67.2 Å². The number of hydrogen-bond acceptors (Lipinski definition) is 2. The second-order valence-corrected chi connectivity index (χ2v) is 4.05. The zero-order chi connectivity index (χ0) is 7.90. The monoisotopic (exact) mass is 156 g/mol. The molecule has 0 unspecified atom stereocenters. The summed E-state index contributed by atoms with van der Waals surface area (Å²) in [6.07, 6.45) is 5.62. The molecule has 2 aliphatic rings. The molecular weight excluding hydrogens is 140 g/mol. The van der Waals surface area contributed by atoms with Crippen LogP contribution in [0.1, 0.15) is 38.5 Å². The van der Waals surface area contributed by atoms with E-state index >= 15 is 0 Å². The zero-order valence-corrected chi connectivity index (χ0v) is 6.79. The Morgan fingerprint density at radius 3 is 1.64 bits per heavy atom. The molecule has 2 nitrogen and oxygen atoms in total. The van der Waals surface area contributed by atoms with Gasteiger partial charge in [-0.15, -0.1) is 0 Å². The maximum atomic E-state index is 9.69. The quantitative estimate of drug-likeness (QED) is 0.550. The predicted octanol–water partition coefficient (Wildman–Crippen LogP) is 1.06. The minimum absolute atomic E-state index is 0.0833. The van der Waals surface area contributed by atoms with Crippen LogP contribution in [-0.4, -0.2) is 22.4 Å². The Morgan fingerprint density at radius 2 is 1.36 bits per heavy atom. The molecule has 1 spiro atoms. The van der Waals surface area contributed by atoms with Crippen LogP contribution in [0.15, 0.2) is 0 Å². The van der Waals surface area contributed by atoms with Crippen LogP contribution in [-0.2, 0) is 0 Å². The van der Waals surface area contributed by atoms with Gasteiger partial charge in [-0.25, -0.2) is 0 Å². The van der Waals surface area contributed by atoms with E-state index in [1.807, 2.05) is 0 Å². The fraction of sp³-hybridized carbons (Fsp3) is 1.00. The molecule has 0 bridgehead atoms. The highest BCUT2D eigenvalue weighted by molar-refractivity contribution is 5.00. The van der Waals surface area contributed by atoms with Crippen molar-refractivity contribution in [3.63, 3.8) is 0 Å². The second-order valence-electron chi connectivity index (χ2n) is 4.05. The number of rotatable bonds is 0. The normalized spacial score (nSPS) is 42.0. The Morgan fingerprint density at radius 1 is 0.909 bits per heavy atom. The lowest BCUT2D eigenvalue weighted by Gasteiger charge is -2.31. The molecule has 0 radical (unpaired) electrons. The van der Waals surface area contributed by atoms with Gasteiger partial charge in [-0.3, -0.25) is 0 Å². The summed E-state index contributed by atoms with van der Waals surface area (Å²) in [5.74, 6) is 0. The molecule has 2 rings (SSSR count). The molecule has 0 saturated heterocycles. The summed E-state index contributed by atoms with van der Waals surface area (Å²) in [5.41, 5.74) is -0.0833. The van der Waals surface area contributed by atoms with E-state index in [9.17, 15) is 10.2 Å². The molecular formula is C9H16O2. The van der Waals surface area contributed by atoms with E-state index in [0.29, 0.717) is 0 Å². The van der Waals surface area contributed by atoms with Gasteiger partial charge in [-0.05, 0) is 25.7 Å². The first kappa shape index (κ1) is 7.56. The van der Waals surface area contributed by atoms with Gasteiger partial charge in [-0.2, -0.15) is 0 Å². The molecule has 0 amide bonds. The molecule has 0 aromatic carbocycles. The van der Waals surface area contributed by atoms with Gasteiger partial charge in [0.15, 0.2) is 0 Å². The van der Waals surface area contributed by atoms with Crippen molar-refractivity contribution in [1.29, 1.82) is 0 Å². The van der Waals surface area contributed by atoms with Gasteiger partial charge in [0.1, 0.15) is 0 Å². The highest BCUT2D eigenvalue weighted by atomic mass is 16.3. The van der Waals surface area contributed by atoms with E-state index in [0.717, 1.165) is 38.5 Å². The van der Waals surface area contributed by atoms with Crippen molar-refractivity contribution in [1.82, 2.24) is 0 Å². The van der Waals surface area contributed by atoms with Gasteiger partial charge in [0, 0.05) is 5.41 Å². The zero-order valence-electron chi connectivity index (χ0n) is 6.79. The third-order valence-electron chi connectivity index (χ3n) is 3.57. The first-order chi connectivity index (χ1) is 5.26. The van der Waals surface area contributed by atoms with E-state index in [1.165, 1.54) is 0 Å². The Balaban J connectivity index is 2.19. The molecule has 0 aromatic heterocycles. The number of aliphatic hydroxyl groups is 2. The van der Waals surface area contributed by atoms with Crippen LogP contribution in [0.3, 0.4) is 0 Å². The Bertz CT molecular complexity index is 138. The minimum Gasteiger partial charge on any atom is -0.392 e. The van der Waals surface area contributed by atoms with Crippen molar-refractivity contribution in [3.8, 4) is 0 Å². The molecule has 0 heterocycles. The summed E-state index contributed by atoms with van der Waals surface area (Å²) in [4.78, 5) is 0. The van der Waals surface area contributed by atoms with Crippen LogP contribution in [0.25, 0.3) is 0 Å². The molecule has 2 atom stereocenters. The van der Waals surface area contributed by atoms with Gasteiger partial charge in [0.25, 0.3) is 0 Å². The molecule has 0 aliphatic heterocycles. The fourth-order valence-electron chi connectivity index (χ4n) is 2.84. The SMILES string of the molecule is O[C@H]1CCCC12CCC[C@@H]2O. The van der Waals surface area contributed by atoms with Crippen LogP contribution in [0.5, 0.6) is 0 Å². The summed E-state index contributed by atoms with van der Waals surface area (Å²) in [6.45, 7) is 0. The maximum Gasteiger partial charge on any atom is 0.0621 e. The van der Waals surface area contributed by atoms with Crippen molar-refractivity contribution < 1.29 is 10.2 Å². The van der Waals surface area contributed by atoms with E-state index in [4.69, 9.17) is 0 Å². The summed E-state index contributed by atoms with van der Waals surface area (Å²) >= 11 is 0. The highest BCUT2D eigenvalue weighted by Crippen LogP contribution is 2.50. The van der Waals surface area contributed by atoms with Crippen molar-refractivity contribution in [3.05, 3.63) is 0 Å². The van der Waals surface area contributed by atoms with Gasteiger partial charge in [-0.1, -0.05) is 12.8 Å². The van der Waals surface area contributed by atoms with E-state index in [-0.39, 0.29) is 17.6 Å². The lowest BCUT2D eigenvalue weighted by molar-refractivity contribution is -0.0299. The summed E-state index contributed by atoms with van der Waals surface area (Å²) < 4.78 is 0. The third-order valence-corrected chi connectivity index (χ3v) is 3.57. The van der Waals surface area contributed by atoms with E-state index in [1.54, 1.807) is 0 Å². The molecule has 64 valence electrons. The molecule has 11 heavy (non-hydrogen) atoms. The van der Waals surface area contributed by atoms with Crippen molar-refractivity contribution in [2.75, 3.05) is 0 Å². The van der Waals surface area contributed by atoms with Crippen molar-refractivity contribution in [2.45, 2.75) is 50.7 Å². The topological polar surface area (TPSA) is 40.5 Å². The first-order valence-electron chi connectivity index (χ1n) is 4.62. The molecule has 2 heteroatoms.